The van der Waals surface area contributed by atoms with Crippen LogP contribution in [0.25, 0.3) is 0 Å². The van der Waals surface area contributed by atoms with Crippen LogP contribution in [0, 0.1) is 10.8 Å². The number of esters is 1. The maximum absolute atomic E-state index is 12.3. The lowest BCUT2D eigenvalue weighted by molar-refractivity contribution is -0.174. The van der Waals surface area contributed by atoms with Crippen LogP contribution in [-0.2, 0) is 14.3 Å². The van der Waals surface area contributed by atoms with Gasteiger partial charge in [-0.15, -0.1) is 0 Å². The lowest BCUT2D eigenvalue weighted by Gasteiger charge is -2.39. The zero-order chi connectivity index (χ0) is 17.5. The number of carbonyl (C=O) groups is 1. The predicted molar refractivity (Wildman–Crippen MR) is 90.1 cm³/mol. The number of hydrogen-bond acceptors (Lipinski definition) is 3. The molecule has 0 unspecified atom stereocenters. The highest BCUT2D eigenvalue weighted by Crippen LogP contribution is 2.40. The number of hydrogen-bond donors (Lipinski definition) is 0. The largest absolute Gasteiger partial charge is 0.499 e. The molecule has 0 heterocycles. The van der Waals surface area contributed by atoms with Crippen LogP contribution < -0.4 is 0 Å². The molecule has 3 nitrogen and oxygen atoms in total. The summed E-state index contributed by atoms with van der Waals surface area (Å²) in [4.78, 5) is 12.3. The van der Waals surface area contributed by atoms with Gasteiger partial charge >= 0.3 is 5.97 Å². The van der Waals surface area contributed by atoms with Crippen molar-refractivity contribution in [2.24, 2.45) is 10.8 Å². The fourth-order valence-corrected chi connectivity index (χ4v) is 1.21. The molecule has 0 bridgehead atoms. The Kier molecular flexibility index (Phi) is 8.97. The molecule has 0 saturated carbocycles. The summed E-state index contributed by atoms with van der Waals surface area (Å²) >= 11 is 0. The van der Waals surface area contributed by atoms with Crippen LogP contribution in [0.5, 0.6) is 0 Å². The van der Waals surface area contributed by atoms with E-state index in [2.05, 4.69) is 6.58 Å². The number of carbonyl (C=O) groups excluding carboxylic acids is 1. The molecule has 0 atom stereocenters. The van der Waals surface area contributed by atoms with Gasteiger partial charge in [-0.2, -0.15) is 0 Å². The Morgan fingerprint density at radius 1 is 1.00 bits per heavy atom. The Hall–Kier alpha value is -0.990. The first-order valence-electron chi connectivity index (χ1n) is 7.81. The summed E-state index contributed by atoms with van der Waals surface area (Å²) < 4.78 is 11.0. The van der Waals surface area contributed by atoms with E-state index in [0.717, 1.165) is 0 Å². The van der Waals surface area contributed by atoms with E-state index in [9.17, 15) is 4.79 Å². The van der Waals surface area contributed by atoms with E-state index in [1.807, 2.05) is 69.2 Å². The second kappa shape index (κ2) is 8.45. The first-order valence-corrected chi connectivity index (χ1v) is 7.81. The summed E-state index contributed by atoms with van der Waals surface area (Å²) in [7, 11) is 0. The molecule has 0 saturated heterocycles. The van der Waals surface area contributed by atoms with Gasteiger partial charge in [-0.25, -0.2) is 0 Å². The average Bonchev–Trinajstić information content (AvgIpc) is 2.28. The van der Waals surface area contributed by atoms with Crippen molar-refractivity contribution in [1.82, 2.24) is 0 Å². The fourth-order valence-electron chi connectivity index (χ4n) is 1.21. The monoisotopic (exact) mass is 300 g/mol. The van der Waals surface area contributed by atoms with Crippen molar-refractivity contribution in [2.75, 3.05) is 6.61 Å². The van der Waals surface area contributed by atoms with Crippen molar-refractivity contribution in [1.29, 1.82) is 0 Å². The SMILES string of the molecule is C=C(C)OCCC(C)(C)OC(=O)C(C)(C)C(C)(C)C.CC. The third-order valence-electron chi connectivity index (χ3n) is 3.81. The molecular formula is C18H36O3. The Morgan fingerprint density at radius 2 is 1.43 bits per heavy atom. The van der Waals surface area contributed by atoms with Crippen molar-refractivity contribution in [3.63, 3.8) is 0 Å². The first-order chi connectivity index (χ1) is 9.29. The maximum atomic E-state index is 12.3. The van der Waals surface area contributed by atoms with Gasteiger partial charge in [0.25, 0.3) is 0 Å². The van der Waals surface area contributed by atoms with Gasteiger partial charge in [-0.05, 0) is 40.0 Å². The van der Waals surface area contributed by atoms with E-state index < -0.39 is 11.0 Å². The molecule has 0 aliphatic heterocycles. The second-order valence-electron chi connectivity index (χ2n) is 7.32. The molecule has 126 valence electrons. The van der Waals surface area contributed by atoms with Crippen LogP contribution in [-0.4, -0.2) is 18.2 Å². The summed E-state index contributed by atoms with van der Waals surface area (Å²) in [6.07, 6.45) is 0.645. The molecule has 0 amide bonds. The third-order valence-corrected chi connectivity index (χ3v) is 3.81. The Balaban J connectivity index is 0. The summed E-state index contributed by atoms with van der Waals surface area (Å²) in [5.41, 5.74) is -1.21. The molecule has 0 aliphatic rings. The fraction of sp³-hybridized carbons (Fsp3) is 0.833. The van der Waals surface area contributed by atoms with Crippen molar-refractivity contribution < 1.29 is 14.3 Å². The Morgan fingerprint density at radius 3 is 1.76 bits per heavy atom. The van der Waals surface area contributed by atoms with Gasteiger partial charge < -0.3 is 9.47 Å². The molecule has 0 aliphatic carbocycles. The minimum atomic E-state index is -0.533. The van der Waals surface area contributed by atoms with Crippen LogP contribution in [0.3, 0.4) is 0 Å². The van der Waals surface area contributed by atoms with E-state index in [-0.39, 0.29) is 11.4 Å². The second-order valence-corrected chi connectivity index (χ2v) is 7.32. The van der Waals surface area contributed by atoms with E-state index in [4.69, 9.17) is 9.47 Å². The van der Waals surface area contributed by atoms with Gasteiger partial charge in [0.05, 0.1) is 17.8 Å². The highest BCUT2D eigenvalue weighted by molar-refractivity contribution is 5.77. The van der Waals surface area contributed by atoms with E-state index in [0.29, 0.717) is 18.8 Å². The van der Waals surface area contributed by atoms with Crippen molar-refractivity contribution in [2.45, 2.75) is 81.3 Å². The topological polar surface area (TPSA) is 35.5 Å². The van der Waals surface area contributed by atoms with Crippen molar-refractivity contribution >= 4 is 5.97 Å². The van der Waals surface area contributed by atoms with E-state index in [1.54, 1.807) is 0 Å². The van der Waals surface area contributed by atoms with Gasteiger partial charge in [0.15, 0.2) is 0 Å². The number of ether oxygens (including phenoxy) is 2. The third kappa shape index (κ3) is 8.13. The minimum absolute atomic E-state index is 0.144. The Labute approximate surface area is 132 Å². The van der Waals surface area contributed by atoms with Gasteiger partial charge in [-0.3, -0.25) is 4.79 Å². The average molecular weight is 300 g/mol. The number of allylic oxidation sites excluding steroid dienone is 1. The van der Waals surface area contributed by atoms with Gasteiger partial charge in [0.2, 0.25) is 0 Å². The predicted octanol–water partition coefficient (Wildman–Crippen LogP) is 5.35. The molecule has 0 fully saturated rings. The summed E-state index contributed by atoms with van der Waals surface area (Å²) in [6, 6.07) is 0. The van der Waals surface area contributed by atoms with Crippen LogP contribution in [0.15, 0.2) is 12.3 Å². The zero-order valence-corrected chi connectivity index (χ0v) is 15.8. The lowest BCUT2D eigenvalue weighted by Crippen LogP contribution is -2.43. The van der Waals surface area contributed by atoms with E-state index in [1.165, 1.54) is 0 Å². The molecular weight excluding hydrogens is 264 g/mol. The quantitative estimate of drug-likeness (QED) is 0.490. The molecule has 0 aromatic heterocycles. The van der Waals surface area contributed by atoms with Crippen LogP contribution in [0.1, 0.15) is 75.7 Å². The maximum Gasteiger partial charge on any atom is 0.312 e. The standard InChI is InChI=1S/C16H30O3.C2H6/c1-12(2)18-11-10-15(6,7)19-13(17)16(8,9)14(3,4)5;1-2/h1,10-11H2,2-9H3;1-2H3. The van der Waals surface area contributed by atoms with Crippen LogP contribution >= 0.6 is 0 Å². The van der Waals surface area contributed by atoms with Gasteiger partial charge in [-0.1, -0.05) is 41.2 Å². The summed E-state index contributed by atoms with van der Waals surface area (Å²) in [5.74, 6) is 0.512. The molecule has 0 aromatic rings. The van der Waals surface area contributed by atoms with E-state index >= 15 is 0 Å². The summed E-state index contributed by atoms with van der Waals surface area (Å²) in [6.45, 7) is 23.8. The zero-order valence-electron chi connectivity index (χ0n) is 15.8. The summed E-state index contributed by atoms with van der Waals surface area (Å²) in [5, 5.41) is 0. The number of rotatable bonds is 6. The minimum Gasteiger partial charge on any atom is -0.499 e. The van der Waals surface area contributed by atoms with Gasteiger partial charge in [0, 0.05) is 6.42 Å². The van der Waals surface area contributed by atoms with Crippen molar-refractivity contribution in [3.8, 4) is 0 Å². The highest BCUT2D eigenvalue weighted by Gasteiger charge is 2.43. The highest BCUT2D eigenvalue weighted by atomic mass is 16.6. The van der Waals surface area contributed by atoms with Crippen LogP contribution in [0.4, 0.5) is 0 Å². The Bertz CT molecular complexity index is 333. The molecule has 0 aromatic carbocycles. The lowest BCUT2D eigenvalue weighted by atomic mass is 9.69. The van der Waals surface area contributed by atoms with Crippen molar-refractivity contribution in [3.05, 3.63) is 12.3 Å². The smallest absolute Gasteiger partial charge is 0.312 e. The van der Waals surface area contributed by atoms with Crippen LogP contribution in [0.2, 0.25) is 0 Å². The normalized spacial score (nSPS) is 12.1. The molecule has 3 heteroatoms. The van der Waals surface area contributed by atoms with Gasteiger partial charge in [0.1, 0.15) is 5.60 Å². The molecule has 21 heavy (non-hydrogen) atoms. The first kappa shape index (κ1) is 22.3. The molecule has 0 N–H and O–H groups in total. The molecule has 0 radical (unpaired) electrons. The molecule has 0 spiro atoms. The molecule has 0 rings (SSSR count).